The van der Waals surface area contributed by atoms with Crippen LogP contribution in [-0.2, 0) is 4.74 Å². The van der Waals surface area contributed by atoms with E-state index < -0.39 is 12.8 Å². The summed E-state index contributed by atoms with van der Waals surface area (Å²) in [5.74, 6) is 1.51. The zero-order chi connectivity index (χ0) is 16.3. The lowest BCUT2D eigenvalue weighted by atomic mass is 10.1. The van der Waals surface area contributed by atoms with Gasteiger partial charge in [-0.3, -0.25) is 4.98 Å². The van der Waals surface area contributed by atoms with Crippen molar-refractivity contribution in [3.05, 3.63) is 24.0 Å². The molecule has 0 unspecified atom stereocenters. The van der Waals surface area contributed by atoms with Crippen molar-refractivity contribution in [2.75, 3.05) is 26.4 Å². The van der Waals surface area contributed by atoms with E-state index in [0.717, 1.165) is 30.7 Å². The smallest absolute Gasteiger partial charge is 0.411 e. The maximum absolute atomic E-state index is 12.0. The molecule has 1 N–H and O–H groups in total. The van der Waals surface area contributed by atoms with Crippen molar-refractivity contribution in [1.82, 2.24) is 10.3 Å². The molecule has 1 aliphatic carbocycles. The Morgan fingerprint density at radius 2 is 2.13 bits per heavy atom. The highest BCUT2D eigenvalue weighted by atomic mass is 19.4. The van der Waals surface area contributed by atoms with Crippen LogP contribution in [0, 0.1) is 5.92 Å². The normalized spacial score (nSPS) is 26.7. The first-order valence-corrected chi connectivity index (χ1v) is 7.97. The minimum absolute atomic E-state index is 0.150. The predicted molar refractivity (Wildman–Crippen MR) is 78.5 cm³/mol. The van der Waals surface area contributed by atoms with Crippen LogP contribution in [0.1, 0.15) is 30.7 Å². The number of nitrogens with one attached hydrogen (secondary N) is 1. The summed E-state index contributed by atoms with van der Waals surface area (Å²) in [6, 6.07) is 2.42. The van der Waals surface area contributed by atoms with Gasteiger partial charge in [0.2, 0.25) is 0 Å². The Bertz CT molecular complexity index is 520. The van der Waals surface area contributed by atoms with Crippen molar-refractivity contribution in [1.29, 1.82) is 0 Å². The van der Waals surface area contributed by atoms with Gasteiger partial charge in [-0.25, -0.2) is 0 Å². The standard InChI is InChI=1S/C16H21F3N2O2/c17-16(18,19)10-22-4-2-11-6-15(11)12-5-14(8-20-7-12)23-9-13-1-3-21-13/h5,7-8,11,13,15,21H,1-4,6,9-10H2/t11-,13-,15-/m0/s1. The molecule has 0 amide bonds. The van der Waals surface area contributed by atoms with Crippen LogP contribution >= 0.6 is 0 Å². The van der Waals surface area contributed by atoms with Crippen molar-refractivity contribution >= 4 is 0 Å². The van der Waals surface area contributed by atoms with Gasteiger partial charge in [-0.15, -0.1) is 0 Å². The Labute approximate surface area is 133 Å². The number of aromatic nitrogens is 1. The van der Waals surface area contributed by atoms with Gasteiger partial charge in [-0.05, 0) is 49.3 Å². The van der Waals surface area contributed by atoms with Crippen LogP contribution in [0.4, 0.5) is 13.2 Å². The molecule has 0 bridgehead atoms. The van der Waals surface area contributed by atoms with Gasteiger partial charge in [0.05, 0.1) is 6.20 Å². The SMILES string of the molecule is FC(F)(F)COCC[C@H]1C[C@@H]1c1cncc(OC[C@@H]2CCN2)c1. The largest absolute Gasteiger partial charge is 0.490 e. The summed E-state index contributed by atoms with van der Waals surface area (Å²) in [5.41, 5.74) is 1.10. The molecule has 1 aliphatic heterocycles. The fourth-order valence-electron chi connectivity index (χ4n) is 2.80. The van der Waals surface area contributed by atoms with Gasteiger partial charge in [0.25, 0.3) is 0 Å². The van der Waals surface area contributed by atoms with Crippen molar-refractivity contribution in [2.45, 2.75) is 37.4 Å². The van der Waals surface area contributed by atoms with Crippen molar-refractivity contribution in [3.8, 4) is 5.75 Å². The molecule has 0 aromatic carbocycles. The molecule has 23 heavy (non-hydrogen) atoms. The first-order valence-electron chi connectivity index (χ1n) is 7.97. The van der Waals surface area contributed by atoms with E-state index in [9.17, 15) is 13.2 Å². The molecular formula is C16H21F3N2O2. The molecule has 2 heterocycles. The molecule has 0 radical (unpaired) electrons. The average Bonchev–Trinajstić information content (AvgIpc) is 3.21. The summed E-state index contributed by atoms with van der Waals surface area (Å²) in [6.07, 6.45) is 2.04. The zero-order valence-corrected chi connectivity index (χ0v) is 12.8. The van der Waals surface area contributed by atoms with E-state index in [2.05, 4.69) is 15.0 Å². The fourth-order valence-corrected chi connectivity index (χ4v) is 2.80. The minimum Gasteiger partial charge on any atom is -0.490 e. The molecule has 1 saturated heterocycles. The van der Waals surface area contributed by atoms with Crippen LogP contribution < -0.4 is 10.1 Å². The topological polar surface area (TPSA) is 43.4 Å². The van der Waals surface area contributed by atoms with Crippen LogP contribution in [-0.4, -0.2) is 43.6 Å². The number of hydrogen-bond acceptors (Lipinski definition) is 4. The predicted octanol–water partition coefficient (Wildman–Crippen LogP) is 2.89. The molecule has 128 valence electrons. The maximum Gasteiger partial charge on any atom is 0.411 e. The second kappa shape index (κ2) is 7.05. The zero-order valence-electron chi connectivity index (χ0n) is 12.8. The third-order valence-electron chi connectivity index (χ3n) is 4.36. The summed E-state index contributed by atoms with van der Waals surface area (Å²) >= 11 is 0. The Kier molecular flexibility index (Phi) is 5.06. The second-order valence-electron chi connectivity index (χ2n) is 6.26. The number of alkyl halides is 3. The van der Waals surface area contributed by atoms with E-state index in [1.807, 2.05) is 12.3 Å². The number of ether oxygens (including phenoxy) is 2. The average molecular weight is 330 g/mol. The minimum atomic E-state index is -4.24. The second-order valence-corrected chi connectivity index (χ2v) is 6.26. The van der Waals surface area contributed by atoms with Gasteiger partial charge >= 0.3 is 6.18 Å². The number of nitrogens with zero attached hydrogens (tertiary/aromatic N) is 1. The summed E-state index contributed by atoms with van der Waals surface area (Å²) in [5, 5.41) is 3.27. The van der Waals surface area contributed by atoms with Crippen LogP contribution in [0.3, 0.4) is 0 Å². The lowest BCUT2D eigenvalue weighted by Gasteiger charge is -2.27. The Hall–Kier alpha value is -1.34. The lowest BCUT2D eigenvalue weighted by Crippen LogP contribution is -2.46. The molecule has 1 aromatic rings. The third kappa shape index (κ3) is 5.07. The van der Waals surface area contributed by atoms with Gasteiger partial charge in [-0.2, -0.15) is 13.2 Å². The quantitative estimate of drug-likeness (QED) is 0.745. The number of pyridine rings is 1. The highest BCUT2D eigenvalue weighted by Crippen LogP contribution is 2.49. The Morgan fingerprint density at radius 1 is 1.30 bits per heavy atom. The molecule has 0 spiro atoms. The van der Waals surface area contributed by atoms with Gasteiger partial charge in [0.15, 0.2) is 0 Å². The molecule has 4 nitrogen and oxygen atoms in total. The number of rotatable bonds is 8. The highest BCUT2D eigenvalue weighted by molar-refractivity contribution is 5.30. The first kappa shape index (κ1) is 16.5. The molecular weight excluding hydrogens is 309 g/mol. The van der Waals surface area contributed by atoms with E-state index in [0.29, 0.717) is 30.9 Å². The van der Waals surface area contributed by atoms with E-state index in [1.165, 1.54) is 0 Å². The van der Waals surface area contributed by atoms with Crippen molar-refractivity contribution in [2.24, 2.45) is 5.92 Å². The van der Waals surface area contributed by atoms with E-state index in [4.69, 9.17) is 4.74 Å². The summed E-state index contributed by atoms with van der Waals surface area (Å²) in [6.45, 7) is 0.680. The molecule has 3 atom stereocenters. The van der Waals surface area contributed by atoms with Crippen LogP contribution in [0.2, 0.25) is 0 Å². The Morgan fingerprint density at radius 3 is 2.83 bits per heavy atom. The van der Waals surface area contributed by atoms with Gasteiger partial charge < -0.3 is 14.8 Å². The molecule has 2 aliphatic rings. The lowest BCUT2D eigenvalue weighted by molar-refractivity contribution is -0.174. The molecule has 1 aromatic heterocycles. The summed E-state index contributed by atoms with van der Waals surface area (Å²) in [7, 11) is 0. The van der Waals surface area contributed by atoms with E-state index in [-0.39, 0.29) is 6.61 Å². The van der Waals surface area contributed by atoms with Gasteiger partial charge in [-0.1, -0.05) is 0 Å². The Balaban J connectivity index is 1.40. The first-order chi connectivity index (χ1) is 11.0. The molecule has 3 rings (SSSR count). The third-order valence-corrected chi connectivity index (χ3v) is 4.36. The summed E-state index contributed by atoms with van der Waals surface area (Å²) < 4.78 is 46.4. The van der Waals surface area contributed by atoms with Gasteiger partial charge in [0, 0.05) is 18.8 Å². The highest BCUT2D eigenvalue weighted by Gasteiger charge is 2.38. The molecule has 2 fully saturated rings. The fraction of sp³-hybridized carbons (Fsp3) is 0.688. The van der Waals surface area contributed by atoms with E-state index in [1.54, 1.807) is 6.20 Å². The van der Waals surface area contributed by atoms with Crippen LogP contribution in [0.15, 0.2) is 18.5 Å². The molecule has 1 saturated carbocycles. The number of hydrogen-bond donors (Lipinski definition) is 1. The maximum atomic E-state index is 12.0. The number of halogens is 3. The van der Waals surface area contributed by atoms with Crippen LogP contribution in [0.25, 0.3) is 0 Å². The van der Waals surface area contributed by atoms with Gasteiger partial charge in [0.1, 0.15) is 19.0 Å². The summed E-state index contributed by atoms with van der Waals surface area (Å²) in [4.78, 5) is 4.21. The van der Waals surface area contributed by atoms with Crippen molar-refractivity contribution < 1.29 is 22.6 Å². The van der Waals surface area contributed by atoms with Crippen LogP contribution in [0.5, 0.6) is 5.75 Å². The molecule has 7 heteroatoms. The monoisotopic (exact) mass is 330 g/mol. The van der Waals surface area contributed by atoms with E-state index >= 15 is 0 Å². The van der Waals surface area contributed by atoms with Crippen molar-refractivity contribution in [3.63, 3.8) is 0 Å².